The van der Waals surface area contributed by atoms with Crippen LogP contribution in [0, 0.1) is 0 Å². The topological polar surface area (TPSA) is 55.0 Å². The van der Waals surface area contributed by atoms with Gasteiger partial charge in [0.25, 0.3) is 0 Å². The number of nitrogens with one attached hydrogen (secondary N) is 1. The molecule has 1 N–H and O–H groups in total. The molecule has 5 heteroatoms. The second kappa shape index (κ2) is 3.39. The van der Waals surface area contributed by atoms with Crippen LogP contribution in [0.2, 0.25) is 5.15 Å². The molecule has 4 nitrogen and oxygen atoms in total. The Labute approximate surface area is 68.5 Å². The molecule has 0 aromatic carbocycles. The highest BCUT2D eigenvalue weighted by molar-refractivity contribution is 6.29. The zero-order valence-corrected chi connectivity index (χ0v) is 6.68. The van der Waals surface area contributed by atoms with E-state index < -0.39 is 0 Å². The molecule has 0 unspecified atom stereocenters. The maximum atomic E-state index is 10.7. The van der Waals surface area contributed by atoms with Crippen molar-refractivity contribution in [3.8, 4) is 5.88 Å². The van der Waals surface area contributed by atoms with Crippen molar-refractivity contribution in [3.63, 3.8) is 0 Å². The first kappa shape index (κ1) is 8.07. The molecule has 0 saturated heterocycles. The highest BCUT2D eigenvalue weighted by Gasteiger charge is 2.03. The van der Waals surface area contributed by atoms with E-state index in [9.17, 15) is 4.79 Å². The van der Waals surface area contributed by atoms with Crippen LogP contribution in [0.3, 0.4) is 0 Å². The molecular weight excluding hydrogens is 168 g/mol. The Balaban J connectivity index is 2.57. The molecule has 0 atom stereocenters. The number of hydrogen-bond acceptors (Lipinski definition) is 3. The van der Waals surface area contributed by atoms with Crippen molar-refractivity contribution in [2.75, 3.05) is 0 Å². The Morgan fingerprint density at radius 2 is 2.64 bits per heavy atom. The van der Waals surface area contributed by atoms with Gasteiger partial charge in [-0.05, 0) is 0 Å². The summed E-state index contributed by atoms with van der Waals surface area (Å²) in [5.74, 6) is -0.0350. The van der Waals surface area contributed by atoms with Gasteiger partial charge in [0.1, 0.15) is 0 Å². The minimum atomic E-state index is -0.315. The largest absolute Gasteiger partial charge is 0.408 e. The van der Waals surface area contributed by atoms with Gasteiger partial charge in [-0.2, -0.15) is 5.10 Å². The molecule has 0 radical (unpaired) electrons. The van der Waals surface area contributed by atoms with E-state index >= 15 is 0 Å². The lowest BCUT2D eigenvalue weighted by Gasteiger charge is -1.95. The third kappa shape index (κ3) is 2.23. The van der Waals surface area contributed by atoms with E-state index in [-0.39, 0.29) is 17.0 Å². The molecule has 1 aromatic rings. The molecule has 0 aliphatic rings. The van der Waals surface area contributed by atoms with Crippen molar-refractivity contribution >= 4 is 17.6 Å². The molecule has 0 fully saturated rings. The monoisotopic (exact) mass is 174 g/mol. The van der Waals surface area contributed by atoms with Gasteiger partial charge in [0, 0.05) is 12.5 Å². The van der Waals surface area contributed by atoms with Crippen LogP contribution in [0.15, 0.2) is 6.07 Å². The molecular formula is C6H7ClN2O2. The predicted octanol–water partition coefficient (Wildman–Crippen LogP) is 1.38. The van der Waals surface area contributed by atoms with Gasteiger partial charge in [-0.1, -0.05) is 18.5 Å². The number of carbonyl (C=O) groups excluding carboxylic acids is 1. The van der Waals surface area contributed by atoms with Gasteiger partial charge in [0.15, 0.2) is 5.15 Å². The Bertz CT molecular complexity index is 259. The highest BCUT2D eigenvalue weighted by Crippen LogP contribution is 2.12. The van der Waals surface area contributed by atoms with E-state index in [2.05, 4.69) is 10.2 Å². The Morgan fingerprint density at radius 3 is 3.09 bits per heavy atom. The molecule has 0 spiro atoms. The Kier molecular flexibility index (Phi) is 2.48. The lowest BCUT2D eigenvalue weighted by Crippen LogP contribution is -2.05. The fourth-order valence-electron chi connectivity index (χ4n) is 0.528. The molecule has 1 rings (SSSR count). The summed E-state index contributed by atoms with van der Waals surface area (Å²) in [7, 11) is 0. The predicted molar refractivity (Wildman–Crippen MR) is 39.5 cm³/mol. The molecule has 0 aliphatic heterocycles. The summed E-state index contributed by atoms with van der Waals surface area (Å²) in [6, 6.07) is 1.44. The van der Waals surface area contributed by atoms with Gasteiger partial charge in [-0.15, -0.1) is 0 Å². The van der Waals surface area contributed by atoms with E-state index in [1.807, 2.05) is 0 Å². The van der Waals surface area contributed by atoms with Gasteiger partial charge in [-0.3, -0.25) is 4.79 Å². The molecule has 0 bridgehead atoms. The van der Waals surface area contributed by atoms with E-state index in [0.717, 1.165) is 0 Å². The Morgan fingerprint density at radius 1 is 1.91 bits per heavy atom. The summed E-state index contributed by atoms with van der Waals surface area (Å²) in [4.78, 5) is 10.7. The number of aromatic nitrogens is 2. The zero-order valence-electron chi connectivity index (χ0n) is 5.93. The highest BCUT2D eigenvalue weighted by atomic mass is 35.5. The maximum Gasteiger partial charge on any atom is 0.312 e. The van der Waals surface area contributed by atoms with E-state index in [4.69, 9.17) is 16.3 Å². The number of carbonyl (C=O) groups is 1. The molecule has 11 heavy (non-hydrogen) atoms. The van der Waals surface area contributed by atoms with Gasteiger partial charge in [0.05, 0.1) is 0 Å². The molecule has 0 amide bonds. The summed E-state index contributed by atoms with van der Waals surface area (Å²) < 4.78 is 4.74. The van der Waals surface area contributed by atoms with Gasteiger partial charge < -0.3 is 4.74 Å². The maximum absolute atomic E-state index is 10.7. The third-order valence-electron chi connectivity index (χ3n) is 1.04. The van der Waals surface area contributed by atoms with Crippen molar-refractivity contribution in [1.82, 2.24) is 10.2 Å². The van der Waals surface area contributed by atoms with Crippen molar-refractivity contribution in [3.05, 3.63) is 11.2 Å². The third-order valence-corrected chi connectivity index (χ3v) is 1.23. The van der Waals surface area contributed by atoms with Crippen LogP contribution in [-0.4, -0.2) is 16.2 Å². The van der Waals surface area contributed by atoms with Gasteiger partial charge in [0.2, 0.25) is 5.88 Å². The van der Waals surface area contributed by atoms with Crippen LogP contribution in [0.5, 0.6) is 5.88 Å². The number of rotatable bonds is 2. The lowest BCUT2D eigenvalue weighted by molar-refractivity contribution is -0.134. The first-order valence-corrected chi connectivity index (χ1v) is 3.51. The summed E-state index contributed by atoms with van der Waals surface area (Å²) in [6.45, 7) is 1.71. The number of esters is 1. The minimum absolute atomic E-state index is 0.279. The molecule has 0 saturated carbocycles. The van der Waals surface area contributed by atoms with Crippen molar-refractivity contribution < 1.29 is 9.53 Å². The smallest absolute Gasteiger partial charge is 0.312 e. The van der Waals surface area contributed by atoms with Crippen molar-refractivity contribution in [1.29, 1.82) is 0 Å². The Hall–Kier alpha value is -1.03. The van der Waals surface area contributed by atoms with Gasteiger partial charge >= 0.3 is 5.97 Å². The number of aromatic amines is 1. The number of hydrogen-bond donors (Lipinski definition) is 1. The van der Waals surface area contributed by atoms with E-state index in [1.54, 1.807) is 6.92 Å². The van der Waals surface area contributed by atoms with Crippen LogP contribution < -0.4 is 4.74 Å². The number of H-pyrrole nitrogens is 1. The quantitative estimate of drug-likeness (QED) is 0.690. The van der Waals surface area contributed by atoms with Crippen LogP contribution in [0.4, 0.5) is 0 Å². The molecule has 1 heterocycles. The van der Waals surface area contributed by atoms with Crippen LogP contribution in [0.1, 0.15) is 13.3 Å². The normalized spacial score (nSPS) is 9.64. The molecule has 1 aromatic heterocycles. The van der Waals surface area contributed by atoms with Crippen molar-refractivity contribution in [2.45, 2.75) is 13.3 Å². The lowest BCUT2D eigenvalue weighted by atomic mass is 10.5. The van der Waals surface area contributed by atoms with Crippen LogP contribution >= 0.6 is 11.6 Å². The van der Waals surface area contributed by atoms with E-state index in [0.29, 0.717) is 6.42 Å². The first-order chi connectivity index (χ1) is 5.22. The summed E-state index contributed by atoms with van der Waals surface area (Å²) in [5, 5.41) is 6.29. The van der Waals surface area contributed by atoms with Crippen LogP contribution in [0.25, 0.3) is 0 Å². The second-order valence-corrected chi connectivity index (χ2v) is 2.27. The number of nitrogens with zero attached hydrogens (tertiary/aromatic N) is 1. The fourth-order valence-corrected chi connectivity index (χ4v) is 0.670. The minimum Gasteiger partial charge on any atom is -0.408 e. The summed E-state index contributed by atoms with van der Waals surface area (Å²) in [5.41, 5.74) is 0. The first-order valence-electron chi connectivity index (χ1n) is 3.14. The molecule has 0 aliphatic carbocycles. The fraction of sp³-hybridized carbons (Fsp3) is 0.333. The van der Waals surface area contributed by atoms with Crippen molar-refractivity contribution in [2.24, 2.45) is 0 Å². The second-order valence-electron chi connectivity index (χ2n) is 1.88. The average Bonchev–Trinajstić information content (AvgIpc) is 2.35. The van der Waals surface area contributed by atoms with Crippen LogP contribution in [-0.2, 0) is 4.79 Å². The summed E-state index contributed by atoms with van der Waals surface area (Å²) in [6.07, 6.45) is 0.330. The average molecular weight is 175 g/mol. The van der Waals surface area contributed by atoms with E-state index in [1.165, 1.54) is 6.07 Å². The molecule has 60 valence electrons. The number of ether oxygens (including phenoxy) is 1. The SMILES string of the molecule is CCC(=O)Oc1cc(Cl)n[nH]1. The van der Waals surface area contributed by atoms with Gasteiger partial charge in [-0.25, -0.2) is 5.10 Å². The number of halogens is 1. The standard InChI is InChI=1S/C6H7ClN2O2/c1-2-6(10)11-5-3-4(7)8-9-5/h3H,2H2,1H3,(H,8,9). The summed E-state index contributed by atoms with van der Waals surface area (Å²) >= 11 is 5.45. The zero-order chi connectivity index (χ0) is 8.27.